The smallest absolute Gasteiger partial charge is 0.266 e. The molecule has 0 spiro atoms. The minimum Gasteiger partial charge on any atom is -0.266 e. The van der Waals surface area contributed by atoms with Crippen molar-refractivity contribution in [1.82, 2.24) is 6.15 Å². The Morgan fingerprint density at radius 3 is 2.43 bits per heavy atom. The highest BCUT2D eigenvalue weighted by Crippen LogP contribution is 1.90. The average molecular weight is 96.1 g/mol. The number of hydrogen-bond donors (Lipinski definition) is 0. The van der Waals surface area contributed by atoms with Crippen LogP contribution < -0.4 is 6.15 Å². The zero-order valence-corrected chi connectivity index (χ0v) is 3.40. The van der Waals surface area contributed by atoms with Crippen molar-refractivity contribution in [2.24, 2.45) is 10.2 Å². The third-order valence-electron chi connectivity index (χ3n) is 0.440. The molecule has 4 heteroatoms. The molecule has 0 saturated heterocycles. The lowest BCUT2D eigenvalue weighted by atomic mass is 10.6. The van der Waals surface area contributed by atoms with E-state index < -0.39 is 0 Å². The highest BCUT2D eigenvalue weighted by Gasteiger charge is 1.92. The van der Waals surface area contributed by atoms with Crippen LogP contribution in [0.1, 0.15) is 0 Å². The molecule has 4 nitrogen and oxygen atoms in total. The number of carbonyl (C=O) groups is 1. The van der Waals surface area contributed by atoms with Crippen LogP contribution in [-0.2, 0) is 4.79 Å². The minimum atomic E-state index is -0.269. The first-order chi connectivity index (χ1) is 2.89. The van der Waals surface area contributed by atoms with Gasteiger partial charge in [-0.1, -0.05) is 0 Å². The molecule has 35 valence electrons. The fourth-order valence-corrected chi connectivity index (χ4v) is 0.221. The summed E-state index contributed by atoms with van der Waals surface area (Å²) in [4.78, 5) is 9.90. The van der Waals surface area contributed by atoms with Crippen LogP contribution in [0.5, 0.6) is 0 Å². The molecule has 1 amide bonds. The van der Waals surface area contributed by atoms with Gasteiger partial charge >= 0.3 is 0 Å². The maximum atomic E-state index is 9.90. The van der Waals surface area contributed by atoms with Gasteiger partial charge in [0.05, 0.1) is 6.20 Å². The second-order valence-electron chi connectivity index (χ2n) is 0.869. The van der Waals surface area contributed by atoms with E-state index in [9.17, 15) is 4.79 Å². The first kappa shape index (κ1) is 5.97. The molecule has 1 aliphatic rings. The van der Waals surface area contributed by atoms with Crippen molar-refractivity contribution in [3.8, 4) is 0 Å². The Bertz CT molecular complexity index is 112. The molecular weight excluding hydrogens is 94.1 g/mol. The van der Waals surface area contributed by atoms with Crippen molar-refractivity contribution >= 4 is 5.91 Å². The van der Waals surface area contributed by atoms with Crippen molar-refractivity contribution in [3.05, 3.63) is 12.3 Å². The number of azo groups is 1. The van der Waals surface area contributed by atoms with Gasteiger partial charge in [0.2, 0.25) is 0 Å². The Balaban J connectivity index is 0.000000360. The summed E-state index contributed by atoms with van der Waals surface area (Å²) in [5, 5.41) is 6.37. The summed E-state index contributed by atoms with van der Waals surface area (Å²) >= 11 is 0. The van der Waals surface area contributed by atoms with Gasteiger partial charge in [0, 0.05) is 12.2 Å². The molecular formula is C3H2N3O. The third-order valence-corrected chi connectivity index (χ3v) is 0.440. The topological polar surface area (TPSA) is 72.3 Å². The number of amides is 1. The van der Waals surface area contributed by atoms with Crippen LogP contribution in [0.25, 0.3) is 0 Å². The van der Waals surface area contributed by atoms with E-state index in [1.54, 1.807) is 0 Å². The lowest BCUT2D eigenvalue weighted by Gasteiger charge is -1.59. The van der Waals surface area contributed by atoms with E-state index in [-0.39, 0.29) is 12.1 Å². The third kappa shape index (κ3) is 1.23. The van der Waals surface area contributed by atoms with Crippen molar-refractivity contribution < 1.29 is 4.79 Å². The Morgan fingerprint density at radius 1 is 1.57 bits per heavy atom. The summed E-state index contributed by atoms with van der Waals surface area (Å²) < 4.78 is 0. The van der Waals surface area contributed by atoms with E-state index in [0.29, 0.717) is 0 Å². The van der Waals surface area contributed by atoms with Crippen LogP contribution in [0.2, 0.25) is 0 Å². The Hall–Kier alpha value is -1.03. The summed E-state index contributed by atoms with van der Waals surface area (Å²) in [5.41, 5.74) is 0. The molecule has 0 aromatic carbocycles. The Labute approximate surface area is 40.5 Å². The number of hydrogen-bond acceptors (Lipinski definition) is 2. The van der Waals surface area contributed by atoms with Crippen LogP contribution >= 0.6 is 0 Å². The maximum Gasteiger partial charge on any atom is 0.289 e. The average Bonchev–Trinajstić information content (AvgIpc) is 1.86. The van der Waals surface area contributed by atoms with Gasteiger partial charge in [0.15, 0.2) is 0 Å². The molecule has 0 fully saturated rings. The second-order valence-corrected chi connectivity index (χ2v) is 0.869. The normalized spacial score (nSPS) is 14.6. The molecule has 1 aliphatic heterocycles. The minimum absolute atomic E-state index is 0. The Kier molecular flexibility index (Phi) is 1.87. The van der Waals surface area contributed by atoms with Crippen LogP contribution in [-0.4, -0.2) is 5.91 Å². The zero-order chi connectivity index (χ0) is 4.41. The summed E-state index contributed by atoms with van der Waals surface area (Å²) in [5.74, 6) is -0.269. The van der Waals surface area contributed by atoms with Crippen LogP contribution in [0, 0.1) is 0 Å². The first-order valence-corrected chi connectivity index (χ1v) is 1.51. The van der Waals surface area contributed by atoms with E-state index in [4.69, 9.17) is 0 Å². The van der Waals surface area contributed by atoms with Gasteiger partial charge in [0.1, 0.15) is 0 Å². The van der Waals surface area contributed by atoms with Crippen molar-refractivity contribution in [2.45, 2.75) is 0 Å². The van der Waals surface area contributed by atoms with E-state index in [2.05, 4.69) is 10.2 Å². The Morgan fingerprint density at radius 2 is 2.29 bits per heavy atom. The molecule has 0 aromatic rings. The maximum absolute atomic E-state index is 9.90. The molecule has 0 bridgehead atoms. The molecule has 0 aromatic heterocycles. The van der Waals surface area contributed by atoms with E-state index in [1.807, 2.05) is 0 Å². The van der Waals surface area contributed by atoms with Crippen molar-refractivity contribution in [1.29, 1.82) is 0 Å². The van der Waals surface area contributed by atoms with Crippen LogP contribution in [0.15, 0.2) is 22.5 Å². The van der Waals surface area contributed by atoms with E-state index in [1.165, 1.54) is 12.3 Å². The molecule has 0 unspecified atom stereocenters. The van der Waals surface area contributed by atoms with Gasteiger partial charge in [-0.05, 0) is 0 Å². The van der Waals surface area contributed by atoms with E-state index in [0.717, 1.165) is 0 Å². The molecule has 0 N–H and O–H groups in total. The molecule has 0 saturated carbocycles. The lowest BCUT2D eigenvalue weighted by molar-refractivity contribution is -0.113. The summed E-state index contributed by atoms with van der Waals surface area (Å²) in [7, 11) is 0. The van der Waals surface area contributed by atoms with Crippen LogP contribution in [0.3, 0.4) is 0 Å². The molecule has 3 radical (unpaired) electrons. The molecule has 7 heavy (non-hydrogen) atoms. The van der Waals surface area contributed by atoms with Gasteiger partial charge in [0.25, 0.3) is 5.91 Å². The van der Waals surface area contributed by atoms with Gasteiger partial charge in [-0.25, -0.2) is 0 Å². The van der Waals surface area contributed by atoms with Gasteiger partial charge < -0.3 is 0 Å². The highest BCUT2D eigenvalue weighted by atomic mass is 16.1. The van der Waals surface area contributed by atoms with Crippen LogP contribution in [0.4, 0.5) is 0 Å². The molecule has 1 heterocycles. The number of carbonyl (C=O) groups excluding carboxylic acids is 1. The molecule has 0 aliphatic carbocycles. The summed E-state index contributed by atoms with van der Waals surface area (Å²) in [6.07, 6.45) is 2.67. The van der Waals surface area contributed by atoms with Gasteiger partial charge in [-0.2, -0.15) is 5.11 Å². The fourth-order valence-electron chi connectivity index (χ4n) is 0.221. The largest absolute Gasteiger partial charge is 0.289 e. The summed E-state index contributed by atoms with van der Waals surface area (Å²) in [6.45, 7) is 0. The number of nitrogens with zero attached hydrogens (tertiary/aromatic N) is 3. The van der Waals surface area contributed by atoms with Crippen molar-refractivity contribution in [2.75, 3.05) is 0 Å². The highest BCUT2D eigenvalue weighted by molar-refractivity contribution is 5.89. The standard InChI is InChI=1S/C3H2N2O.N/c6-3-1-2-4-5-3;/h1-2H;. The lowest BCUT2D eigenvalue weighted by Crippen LogP contribution is -1.74. The first-order valence-electron chi connectivity index (χ1n) is 1.51. The number of rotatable bonds is 0. The monoisotopic (exact) mass is 96.0 g/mol. The molecule has 1 rings (SSSR count). The predicted octanol–water partition coefficient (Wildman–Crippen LogP) is 0.0119. The van der Waals surface area contributed by atoms with Gasteiger partial charge in [-0.3, -0.25) is 4.79 Å². The second kappa shape index (κ2) is 2.20. The SMILES string of the molecule is O=C1C=CN=N1.[N]. The van der Waals surface area contributed by atoms with Crippen molar-refractivity contribution in [3.63, 3.8) is 0 Å². The predicted molar refractivity (Wildman–Crippen MR) is 21.1 cm³/mol. The fraction of sp³-hybridized carbons (Fsp3) is 0. The molecule has 0 atom stereocenters. The summed E-state index contributed by atoms with van der Waals surface area (Å²) in [6, 6.07) is 0. The van der Waals surface area contributed by atoms with E-state index >= 15 is 0 Å². The van der Waals surface area contributed by atoms with Gasteiger partial charge in [-0.15, -0.1) is 5.11 Å². The quantitative estimate of drug-likeness (QED) is 0.418. The zero-order valence-electron chi connectivity index (χ0n) is 3.40.